The Morgan fingerprint density at radius 2 is 1.96 bits per heavy atom. The molecule has 2 aromatic rings. The van der Waals surface area contributed by atoms with Gasteiger partial charge in [0, 0.05) is 18.0 Å². The zero-order valence-corrected chi connectivity index (χ0v) is 14.8. The molecular weight excluding hydrogens is 336 g/mol. The van der Waals surface area contributed by atoms with Gasteiger partial charge in [0.05, 0.1) is 6.10 Å². The Kier molecular flexibility index (Phi) is 4.83. The molecule has 2 aliphatic carbocycles. The molecule has 1 heterocycles. The maximum Gasteiger partial charge on any atom is 0.321 e. The van der Waals surface area contributed by atoms with Crippen molar-refractivity contribution in [1.29, 1.82) is 0 Å². The summed E-state index contributed by atoms with van der Waals surface area (Å²) in [6.45, 7) is 0.420. The summed E-state index contributed by atoms with van der Waals surface area (Å²) in [4.78, 5) is 12.1. The first-order valence-electron chi connectivity index (χ1n) is 8.91. The summed E-state index contributed by atoms with van der Waals surface area (Å²) in [6, 6.07) is 7.62. The average molecular weight is 358 g/mol. The number of para-hydroxylation sites is 1. The molecule has 0 spiro atoms. The normalized spacial score (nSPS) is 17.4. The summed E-state index contributed by atoms with van der Waals surface area (Å²) >= 11 is 1.46. The van der Waals surface area contributed by atoms with Gasteiger partial charge in [-0.3, -0.25) is 5.32 Å². The van der Waals surface area contributed by atoms with Gasteiger partial charge in [0.15, 0.2) is 0 Å². The van der Waals surface area contributed by atoms with Crippen molar-refractivity contribution in [1.82, 2.24) is 15.5 Å². The molecule has 2 N–H and O–H groups in total. The second kappa shape index (κ2) is 7.39. The highest BCUT2D eigenvalue weighted by Crippen LogP contribution is 2.42. The molecule has 6 nitrogen and oxygen atoms in total. The largest absolute Gasteiger partial charge is 0.490 e. The van der Waals surface area contributed by atoms with Crippen molar-refractivity contribution in [3.63, 3.8) is 0 Å². The lowest BCUT2D eigenvalue weighted by molar-refractivity contribution is 0.207. The lowest BCUT2D eigenvalue weighted by atomic mass is 10.2. The van der Waals surface area contributed by atoms with Crippen molar-refractivity contribution in [2.75, 3.05) is 5.32 Å². The van der Waals surface area contributed by atoms with E-state index in [2.05, 4.69) is 20.8 Å². The van der Waals surface area contributed by atoms with Crippen molar-refractivity contribution in [3.8, 4) is 5.75 Å². The number of nitrogens with zero attached hydrogens (tertiary/aromatic N) is 2. The Morgan fingerprint density at radius 3 is 2.76 bits per heavy atom. The van der Waals surface area contributed by atoms with Gasteiger partial charge in [0.1, 0.15) is 10.8 Å². The first-order chi connectivity index (χ1) is 12.3. The summed E-state index contributed by atoms with van der Waals surface area (Å²) in [5.41, 5.74) is 0.987. The van der Waals surface area contributed by atoms with E-state index < -0.39 is 0 Å². The van der Waals surface area contributed by atoms with E-state index in [1.807, 2.05) is 24.3 Å². The molecule has 0 aliphatic heterocycles. The summed E-state index contributed by atoms with van der Waals surface area (Å²) in [6.07, 6.45) is 7.36. The Morgan fingerprint density at radius 1 is 1.16 bits per heavy atom. The SMILES string of the molecule is O=C(NCc1ccccc1OC1CCCC1)Nc1nnc(C2CC2)s1. The minimum Gasteiger partial charge on any atom is -0.490 e. The van der Waals surface area contributed by atoms with Crippen molar-refractivity contribution in [2.24, 2.45) is 0 Å². The second-order valence-corrected chi connectivity index (χ2v) is 7.67. The fourth-order valence-electron chi connectivity index (χ4n) is 3.05. The predicted octanol–water partition coefficient (Wildman–Crippen LogP) is 4.06. The summed E-state index contributed by atoms with van der Waals surface area (Å²) in [5, 5.41) is 15.4. The van der Waals surface area contributed by atoms with Crippen LogP contribution < -0.4 is 15.4 Å². The fourth-order valence-corrected chi connectivity index (χ4v) is 3.96. The minimum absolute atomic E-state index is 0.269. The number of aromatic nitrogens is 2. The van der Waals surface area contributed by atoms with Crippen LogP contribution in [0.3, 0.4) is 0 Å². The van der Waals surface area contributed by atoms with E-state index in [0.717, 1.165) is 29.2 Å². The molecule has 7 heteroatoms. The first-order valence-corrected chi connectivity index (χ1v) is 9.72. The highest BCUT2D eigenvalue weighted by molar-refractivity contribution is 7.15. The van der Waals surface area contributed by atoms with Crippen LogP contribution in [-0.2, 0) is 6.54 Å². The van der Waals surface area contributed by atoms with Gasteiger partial charge in [-0.1, -0.05) is 29.5 Å². The number of amides is 2. The number of ether oxygens (including phenoxy) is 1. The maximum absolute atomic E-state index is 12.1. The molecule has 0 saturated heterocycles. The molecule has 0 radical (unpaired) electrons. The minimum atomic E-state index is -0.269. The lowest BCUT2D eigenvalue weighted by Crippen LogP contribution is -2.28. The Bertz CT molecular complexity index is 738. The van der Waals surface area contributed by atoms with Crippen LogP contribution in [0.15, 0.2) is 24.3 Å². The van der Waals surface area contributed by atoms with E-state index in [0.29, 0.717) is 23.7 Å². The molecular formula is C18H22N4O2S. The van der Waals surface area contributed by atoms with Crippen molar-refractivity contribution in [3.05, 3.63) is 34.8 Å². The zero-order valence-electron chi connectivity index (χ0n) is 14.0. The Labute approximate surface area is 151 Å². The van der Waals surface area contributed by atoms with Gasteiger partial charge in [-0.2, -0.15) is 0 Å². The molecule has 2 amide bonds. The van der Waals surface area contributed by atoms with Crippen LogP contribution in [0.25, 0.3) is 0 Å². The summed E-state index contributed by atoms with van der Waals surface area (Å²) < 4.78 is 6.10. The summed E-state index contributed by atoms with van der Waals surface area (Å²) in [5.74, 6) is 1.41. The molecule has 2 fully saturated rings. The third-order valence-electron chi connectivity index (χ3n) is 4.60. The zero-order chi connectivity index (χ0) is 17.1. The molecule has 1 aromatic heterocycles. The van der Waals surface area contributed by atoms with Crippen LogP contribution >= 0.6 is 11.3 Å². The van der Waals surface area contributed by atoms with Crippen LogP contribution in [0.4, 0.5) is 9.93 Å². The van der Waals surface area contributed by atoms with Gasteiger partial charge in [-0.15, -0.1) is 10.2 Å². The van der Waals surface area contributed by atoms with Crippen molar-refractivity contribution < 1.29 is 9.53 Å². The van der Waals surface area contributed by atoms with E-state index in [1.165, 1.54) is 37.0 Å². The molecule has 0 bridgehead atoms. The van der Waals surface area contributed by atoms with E-state index in [-0.39, 0.29) is 6.03 Å². The third kappa shape index (κ3) is 4.28. The Balaban J connectivity index is 1.31. The number of anilines is 1. The molecule has 0 unspecified atom stereocenters. The number of hydrogen-bond acceptors (Lipinski definition) is 5. The standard InChI is InChI=1S/C18H22N4O2S/c23-17(20-18-22-21-16(25-18)12-9-10-12)19-11-13-5-1-4-8-15(13)24-14-6-2-3-7-14/h1,4-5,8,12,14H,2-3,6-7,9-11H2,(H2,19,20,22,23). The number of carbonyl (C=O) groups excluding carboxylic acids is 1. The highest BCUT2D eigenvalue weighted by Gasteiger charge is 2.27. The van der Waals surface area contributed by atoms with Gasteiger partial charge in [-0.05, 0) is 44.6 Å². The van der Waals surface area contributed by atoms with E-state index in [1.54, 1.807) is 0 Å². The number of nitrogens with one attached hydrogen (secondary N) is 2. The number of carbonyl (C=O) groups is 1. The fraction of sp³-hybridized carbons (Fsp3) is 0.500. The molecule has 25 heavy (non-hydrogen) atoms. The van der Waals surface area contributed by atoms with Gasteiger partial charge in [0.25, 0.3) is 0 Å². The van der Waals surface area contributed by atoms with Crippen LogP contribution in [0.1, 0.15) is 55.0 Å². The maximum atomic E-state index is 12.1. The van der Waals surface area contributed by atoms with Crippen LogP contribution in [-0.4, -0.2) is 22.3 Å². The summed E-state index contributed by atoms with van der Waals surface area (Å²) in [7, 11) is 0. The van der Waals surface area contributed by atoms with E-state index in [9.17, 15) is 4.79 Å². The lowest BCUT2D eigenvalue weighted by Gasteiger charge is -2.16. The third-order valence-corrected chi connectivity index (χ3v) is 5.60. The number of rotatable bonds is 6. The number of urea groups is 1. The monoisotopic (exact) mass is 358 g/mol. The van der Waals surface area contributed by atoms with E-state index in [4.69, 9.17) is 4.74 Å². The first kappa shape index (κ1) is 16.3. The van der Waals surface area contributed by atoms with Crippen LogP contribution in [0.5, 0.6) is 5.75 Å². The van der Waals surface area contributed by atoms with Gasteiger partial charge >= 0.3 is 6.03 Å². The average Bonchev–Trinajstić information content (AvgIpc) is 3.14. The van der Waals surface area contributed by atoms with Gasteiger partial charge in [0.2, 0.25) is 5.13 Å². The quantitative estimate of drug-likeness (QED) is 0.816. The van der Waals surface area contributed by atoms with Gasteiger partial charge in [-0.25, -0.2) is 4.79 Å². The molecule has 2 aliphatic rings. The van der Waals surface area contributed by atoms with Gasteiger partial charge < -0.3 is 10.1 Å². The number of hydrogen-bond donors (Lipinski definition) is 2. The topological polar surface area (TPSA) is 76.1 Å². The number of benzene rings is 1. The van der Waals surface area contributed by atoms with Crippen molar-refractivity contribution >= 4 is 22.5 Å². The van der Waals surface area contributed by atoms with Crippen LogP contribution in [0.2, 0.25) is 0 Å². The van der Waals surface area contributed by atoms with Crippen molar-refractivity contribution in [2.45, 2.75) is 57.1 Å². The smallest absolute Gasteiger partial charge is 0.321 e. The molecule has 2 saturated carbocycles. The molecule has 132 valence electrons. The predicted molar refractivity (Wildman–Crippen MR) is 97.1 cm³/mol. The van der Waals surface area contributed by atoms with E-state index >= 15 is 0 Å². The molecule has 4 rings (SSSR count). The van der Waals surface area contributed by atoms with Crippen LogP contribution in [0, 0.1) is 0 Å². The molecule has 1 aromatic carbocycles. The molecule has 0 atom stereocenters. The second-order valence-electron chi connectivity index (χ2n) is 6.66. The Hall–Kier alpha value is -2.15. The highest BCUT2D eigenvalue weighted by atomic mass is 32.1.